The Morgan fingerprint density at radius 1 is 0.588 bits per heavy atom. The first kappa shape index (κ1) is 24.1. The molecule has 4 aromatic rings. The van der Waals surface area contributed by atoms with E-state index in [4.69, 9.17) is 33.9 Å². The van der Waals surface area contributed by atoms with Crippen molar-refractivity contribution in [2.75, 3.05) is 0 Å². The van der Waals surface area contributed by atoms with E-state index in [9.17, 15) is 0 Å². The third-order valence-corrected chi connectivity index (χ3v) is 6.33. The molecule has 34 heavy (non-hydrogen) atoms. The Morgan fingerprint density at radius 2 is 1.00 bits per heavy atom. The molecule has 0 aliphatic rings. The van der Waals surface area contributed by atoms with Crippen LogP contribution in [0.15, 0.2) is 84.9 Å². The predicted molar refractivity (Wildman–Crippen MR) is 149 cm³/mol. The third kappa shape index (κ3) is 5.69. The maximum atomic E-state index is 6.19. The fourth-order valence-corrected chi connectivity index (χ4v) is 4.40. The number of thiocarbonyl (C=S) groups is 2. The molecule has 0 saturated carbocycles. The van der Waals surface area contributed by atoms with Gasteiger partial charge >= 0.3 is 0 Å². The van der Waals surface area contributed by atoms with Gasteiger partial charge in [-0.2, -0.15) is 0 Å². The van der Waals surface area contributed by atoms with Crippen LogP contribution < -0.4 is 9.47 Å². The molecule has 0 aliphatic carbocycles. The van der Waals surface area contributed by atoms with E-state index in [-0.39, 0.29) is 0 Å². The standard InChI is InChI=1S/C30H28O2S2/c1-3-7-21-13-17-24(18-14-21)29(33)31-26-11-5-9-23-10-6-12-27(28(23)26)32-30(34)25-19-15-22(8-4-2)16-20-25/h5-6,9-20H,3-4,7-8H2,1-2H3. The van der Waals surface area contributed by atoms with Crippen molar-refractivity contribution in [2.45, 2.75) is 39.5 Å². The van der Waals surface area contributed by atoms with Gasteiger partial charge in [0.15, 0.2) is 10.1 Å². The van der Waals surface area contributed by atoms with Gasteiger partial charge in [-0.05, 0) is 65.9 Å². The minimum Gasteiger partial charge on any atom is -0.444 e. The van der Waals surface area contributed by atoms with Crippen molar-refractivity contribution in [3.63, 3.8) is 0 Å². The SMILES string of the molecule is CCCc1ccc(C(=S)Oc2cccc3cccc(OC(=S)c4ccc(CCC)cc4)c23)cc1. The van der Waals surface area contributed by atoms with Gasteiger partial charge < -0.3 is 9.47 Å². The van der Waals surface area contributed by atoms with Crippen LogP contribution in [0.1, 0.15) is 48.9 Å². The van der Waals surface area contributed by atoms with Crippen molar-refractivity contribution in [3.8, 4) is 11.5 Å². The summed E-state index contributed by atoms with van der Waals surface area (Å²) in [5.74, 6) is 1.30. The first-order chi connectivity index (χ1) is 16.6. The molecule has 4 aromatic carbocycles. The molecule has 0 atom stereocenters. The van der Waals surface area contributed by atoms with Crippen LogP contribution in [0.25, 0.3) is 10.8 Å². The van der Waals surface area contributed by atoms with Gasteiger partial charge in [0.1, 0.15) is 11.5 Å². The lowest BCUT2D eigenvalue weighted by Crippen LogP contribution is -2.09. The highest BCUT2D eigenvalue weighted by atomic mass is 32.1. The fraction of sp³-hybridized carbons (Fsp3) is 0.200. The molecule has 0 spiro atoms. The summed E-state index contributed by atoms with van der Waals surface area (Å²) in [7, 11) is 0. The van der Waals surface area contributed by atoms with E-state index in [0.717, 1.165) is 47.6 Å². The van der Waals surface area contributed by atoms with Crippen LogP contribution in [0.2, 0.25) is 0 Å². The van der Waals surface area contributed by atoms with Gasteiger partial charge in [-0.1, -0.05) is 99.5 Å². The number of hydrogen-bond donors (Lipinski definition) is 0. The van der Waals surface area contributed by atoms with Crippen molar-refractivity contribution in [1.29, 1.82) is 0 Å². The highest BCUT2D eigenvalue weighted by Gasteiger charge is 2.14. The molecular formula is C30H28O2S2. The Balaban J connectivity index is 1.59. The van der Waals surface area contributed by atoms with Crippen LogP contribution in [-0.2, 0) is 12.8 Å². The molecule has 0 amide bonds. The van der Waals surface area contributed by atoms with Crippen LogP contribution in [0, 0.1) is 0 Å². The molecule has 0 aromatic heterocycles. The first-order valence-corrected chi connectivity index (χ1v) is 12.5. The zero-order valence-electron chi connectivity index (χ0n) is 19.5. The lowest BCUT2D eigenvalue weighted by atomic mass is 10.1. The average molecular weight is 485 g/mol. The second-order valence-electron chi connectivity index (χ2n) is 8.28. The molecule has 4 rings (SSSR count). The van der Waals surface area contributed by atoms with Crippen molar-refractivity contribution in [2.24, 2.45) is 0 Å². The summed E-state index contributed by atoms with van der Waals surface area (Å²) in [5.41, 5.74) is 4.36. The predicted octanol–water partition coefficient (Wildman–Crippen LogP) is 8.25. The topological polar surface area (TPSA) is 18.5 Å². The lowest BCUT2D eigenvalue weighted by molar-refractivity contribution is 0.555. The molecule has 4 heteroatoms. The maximum Gasteiger partial charge on any atom is 0.198 e. The molecule has 0 fully saturated rings. The Labute approximate surface area is 212 Å². The quantitative estimate of drug-likeness (QED) is 0.234. The summed E-state index contributed by atoms with van der Waals surface area (Å²) in [5, 5.41) is 2.70. The van der Waals surface area contributed by atoms with E-state index in [1.54, 1.807) is 0 Å². The number of ether oxygens (including phenoxy) is 2. The molecule has 0 N–H and O–H groups in total. The minimum atomic E-state index is 0.430. The van der Waals surface area contributed by atoms with E-state index in [1.807, 2.05) is 60.7 Å². The van der Waals surface area contributed by atoms with Gasteiger partial charge in [0.2, 0.25) is 0 Å². The lowest BCUT2D eigenvalue weighted by Gasteiger charge is -2.15. The molecule has 0 unspecified atom stereocenters. The first-order valence-electron chi connectivity index (χ1n) is 11.7. The smallest absolute Gasteiger partial charge is 0.198 e. The zero-order chi connectivity index (χ0) is 23.9. The summed E-state index contributed by atoms with van der Waals surface area (Å²) in [6.45, 7) is 4.35. The summed E-state index contributed by atoms with van der Waals surface area (Å²) in [4.78, 5) is 0. The molecule has 0 heterocycles. The Kier molecular flexibility index (Phi) is 8.04. The highest BCUT2D eigenvalue weighted by molar-refractivity contribution is 7.80. The van der Waals surface area contributed by atoms with Gasteiger partial charge in [-0.15, -0.1) is 0 Å². The van der Waals surface area contributed by atoms with Crippen LogP contribution >= 0.6 is 24.4 Å². The largest absolute Gasteiger partial charge is 0.444 e. The molecule has 0 bridgehead atoms. The van der Waals surface area contributed by atoms with E-state index >= 15 is 0 Å². The van der Waals surface area contributed by atoms with Crippen molar-refractivity contribution in [3.05, 3.63) is 107 Å². The third-order valence-electron chi connectivity index (χ3n) is 5.69. The summed E-state index contributed by atoms with van der Waals surface area (Å²) < 4.78 is 12.4. The normalized spacial score (nSPS) is 10.8. The van der Waals surface area contributed by atoms with Crippen molar-refractivity contribution < 1.29 is 9.47 Å². The Hall–Kier alpha value is -3.08. The number of fused-ring (bicyclic) bond motifs is 1. The second kappa shape index (κ2) is 11.4. The van der Waals surface area contributed by atoms with Gasteiger partial charge in [-0.25, -0.2) is 0 Å². The van der Waals surface area contributed by atoms with E-state index in [2.05, 4.69) is 38.1 Å². The minimum absolute atomic E-state index is 0.430. The van der Waals surface area contributed by atoms with E-state index in [1.165, 1.54) is 11.1 Å². The fourth-order valence-electron chi connectivity index (χ4n) is 3.95. The second-order valence-corrected chi connectivity index (χ2v) is 9.02. The summed E-state index contributed by atoms with van der Waals surface area (Å²) in [6.07, 6.45) is 4.34. The van der Waals surface area contributed by atoms with Crippen LogP contribution in [0.5, 0.6) is 11.5 Å². The molecule has 0 radical (unpaired) electrons. The summed E-state index contributed by atoms with van der Waals surface area (Å²) >= 11 is 11.3. The van der Waals surface area contributed by atoms with Crippen LogP contribution in [0.3, 0.4) is 0 Å². The van der Waals surface area contributed by atoms with Crippen molar-refractivity contribution >= 4 is 45.3 Å². The maximum absolute atomic E-state index is 6.19. The molecular weight excluding hydrogens is 456 g/mol. The van der Waals surface area contributed by atoms with E-state index < -0.39 is 0 Å². The molecule has 172 valence electrons. The van der Waals surface area contributed by atoms with Crippen molar-refractivity contribution in [1.82, 2.24) is 0 Å². The number of benzene rings is 4. The van der Waals surface area contributed by atoms with Gasteiger partial charge in [0, 0.05) is 11.1 Å². The van der Waals surface area contributed by atoms with E-state index in [0.29, 0.717) is 21.6 Å². The molecule has 0 aliphatic heterocycles. The summed E-state index contributed by atoms with van der Waals surface area (Å²) in [6, 6.07) is 28.3. The average Bonchev–Trinajstić information content (AvgIpc) is 2.85. The monoisotopic (exact) mass is 484 g/mol. The Bertz CT molecular complexity index is 1190. The number of aryl methyl sites for hydroxylation is 2. The molecule has 0 saturated heterocycles. The number of hydrogen-bond acceptors (Lipinski definition) is 4. The van der Waals surface area contributed by atoms with Crippen LogP contribution in [-0.4, -0.2) is 10.1 Å². The Morgan fingerprint density at radius 3 is 1.38 bits per heavy atom. The van der Waals surface area contributed by atoms with Gasteiger partial charge in [-0.3, -0.25) is 0 Å². The zero-order valence-corrected chi connectivity index (χ0v) is 21.2. The molecule has 2 nitrogen and oxygen atoms in total. The highest BCUT2D eigenvalue weighted by Crippen LogP contribution is 2.35. The van der Waals surface area contributed by atoms with Crippen LogP contribution in [0.4, 0.5) is 0 Å². The van der Waals surface area contributed by atoms with Gasteiger partial charge in [0.25, 0.3) is 0 Å². The number of rotatable bonds is 8. The van der Waals surface area contributed by atoms with Gasteiger partial charge in [0.05, 0.1) is 5.39 Å².